The first-order valence-electron chi connectivity index (χ1n) is 6.91. The molecule has 110 valence electrons. The fourth-order valence-corrected chi connectivity index (χ4v) is 3.12. The van der Waals surface area contributed by atoms with Gasteiger partial charge in [0.25, 0.3) is 0 Å². The van der Waals surface area contributed by atoms with Crippen molar-refractivity contribution in [3.05, 3.63) is 57.3 Å². The zero-order valence-corrected chi connectivity index (χ0v) is 13.2. The third-order valence-electron chi connectivity index (χ3n) is 3.70. The Labute approximate surface area is 134 Å². The number of hydrogen-bond donors (Lipinski definition) is 1. The summed E-state index contributed by atoms with van der Waals surface area (Å²) >= 11 is 12.3. The molecule has 1 aromatic carbocycles. The molecule has 0 saturated carbocycles. The maximum absolute atomic E-state index is 6.21. The van der Waals surface area contributed by atoms with Gasteiger partial charge in [0.1, 0.15) is 5.75 Å². The van der Waals surface area contributed by atoms with Gasteiger partial charge in [-0.2, -0.15) is 0 Å². The fraction of sp³-hybridized carbons (Fsp3) is 0.312. The smallest absolute Gasteiger partial charge is 0.142 e. The van der Waals surface area contributed by atoms with Crippen LogP contribution in [0.3, 0.4) is 0 Å². The molecule has 0 fully saturated rings. The van der Waals surface area contributed by atoms with Crippen LogP contribution in [0.5, 0.6) is 5.75 Å². The van der Waals surface area contributed by atoms with E-state index >= 15 is 0 Å². The predicted octanol–water partition coefficient (Wildman–Crippen LogP) is 4.31. The third kappa shape index (κ3) is 3.15. The molecule has 1 N–H and O–H groups in total. The Balaban J connectivity index is 1.81. The van der Waals surface area contributed by atoms with Crippen LogP contribution < -0.4 is 10.1 Å². The molecular formula is C16H16Cl2N2O. The van der Waals surface area contributed by atoms with Crippen LogP contribution in [-0.4, -0.2) is 11.6 Å². The zero-order chi connectivity index (χ0) is 14.8. The van der Waals surface area contributed by atoms with Gasteiger partial charge in [0.05, 0.1) is 17.3 Å². The van der Waals surface area contributed by atoms with Crippen molar-refractivity contribution in [2.24, 2.45) is 0 Å². The van der Waals surface area contributed by atoms with Crippen molar-refractivity contribution < 1.29 is 4.74 Å². The maximum Gasteiger partial charge on any atom is 0.142 e. The van der Waals surface area contributed by atoms with Gasteiger partial charge in [-0.1, -0.05) is 29.3 Å². The molecule has 0 saturated heterocycles. The van der Waals surface area contributed by atoms with E-state index in [1.807, 2.05) is 18.3 Å². The second kappa shape index (κ2) is 6.22. The van der Waals surface area contributed by atoms with Gasteiger partial charge in [0.15, 0.2) is 0 Å². The molecule has 21 heavy (non-hydrogen) atoms. The Hall–Kier alpha value is -1.29. The number of rotatable bonds is 3. The van der Waals surface area contributed by atoms with E-state index in [4.69, 9.17) is 27.9 Å². The highest BCUT2D eigenvalue weighted by Crippen LogP contribution is 2.40. The second-order valence-corrected chi connectivity index (χ2v) is 5.99. The van der Waals surface area contributed by atoms with Crippen LogP contribution in [0.1, 0.15) is 29.3 Å². The van der Waals surface area contributed by atoms with Gasteiger partial charge in [-0.15, -0.1) is 0 Å². The first-order valence-corrected chi connectivity index (χ1v) is 7.66. The lowest BCUT2D eigenvalue weighted by Gasteiger charge is -2.27. The molecule has 1 aromatic heterocycles. The fourth-order valence-electron chi connectivity index (χ4n) is 2.56. The van der Waals surface area contributed by atoms with Crippen molar-refractivity contribution in [3.8, 4) is 5.75 Å². The number of hydrogen-bond acceptors (Lipinski definition) is 3. The van der Waals surface area contributed by atoms with Crippen LogP contribution >= 0.6 is 23.2 Å². The highest BCUT2D eigenvalue weighted by molar-refractivity contribution is 6.35. The number of nitrogens with one attached hydrogen (secondary N) is 1. The Bertz CT molecular complexity index is 661. The lowest BCUT2D eigenvalue weighted by molar-refractivity contribution is 0.252. The zero-order valence-electron chi connectivity index (χ0n) is 11.7. The monoisotopic (exact) mass is 322 g/mol. The van der Waals surface area contributed by atoms with E-state index < -0.39 is 0 Å². The highest BCUT2D eigenvalue weighted by atomic mass is 35.5. The van der Waals surface area contributed by atoms with Crippen molar-refractivity contribution in [3.63, 3.8) is 0 Å². The Kier molecular flexibility index (Phi) is 4.34. The van der Waals surface area contributed by atoms with Crippen molar-refractivity contribution in [2.75, 3.05) is 6.61 Å². The SMILES string of the molecule is Cc1cccnc1CNC1CCOc2c(Cl)cc(Cl)cc21. The summed E-state index contributed by atoms with van der Waals surface area (Å²) in [4.78, 5) is 4.41. The molecule has 5 heteroatoms. The molecule has 0 aliphatic carbocycles. The average Bonchev–Trinajstić information content (AvgIpc) is 2.46. The van der Waals surface area contributed by atoms with Crippen molar-refractivity contribution >= 4 is 23.2 Å². The molecule has 0 bridgehead atoms. The summed E-state index contributed by atoms with van der Waals surface area (Å²) in [5.74, 6) is 0.738. The summed E-state index contributed by atoms with van der Waals surface area (Å²) in [5, 5.41) is 4.73. The average molecular weight is 323 g/mol. The lowest BCUT2D eigenvalue weighted by Crippen LogP contribution is -2.27. The van der Waals surface area contributed by atoms with Crippen LogP contribution in [0, 0.1) is 6.92 Å². The molecule has 1 atom stereocenters. The Morgan fingerprint density at radius 1 is 1.38 bits per heavy atom. The summed E-state index contributed by atoms with van der Waals surface area (Å²) in [6.45, 7) is 3.42. The molecule has 2 aromatic rings. The largest absolute Gasteiger partial charge is 0.492 e. The number of aryl methyl sites for hydroxylation is 1. The van der Waals surface area contributed by atoms with Crippen LogP contribution in [0.15, 0.2) is 30.5 Å². The highest BCUT2D eigenvalue weighted by Gasteiger charge is 2.24. The van der Waals surface area contributed by atoms with Crippen molar-refractivity contribution in [1.29, 1.82) is 0 Å². The molecule has 3 nitrogen and oxygen atoms in total. The normalized spacial score (nSPS) is 17.2. The van der Waals surface area contributed by atoms with Crippen molar-refractivity contribution in [2.45, 2.75) is 25.9 Å². The molecule has 3 rings (SSSR count). The molecule has 0 spiro atoms. The molecule has 0 radical (unpaired) electrons. The van der Waals surface area contributed by atoms with Crippen LogP contribution in [-0.2, 0) is 6.54 Å². The van der Waals surface area contributed by atoms with Crippen LogP contribution in [0.25, 0.3) is 0 Å². The van der Waals surface area contributed by atoms with Gasteiger partial charge in [0, 0.05) is 35.8 Å². The molecule has 0 amide bonds. The summed E-state index contributed by atoms with van der Waals surface area (Å²) in [6, 6.07) is 7.82. The minimum atomic E-state index is 0.173. The Morgan fingerprint density at radius 3 is 3.05 bits per heavy atom. The molecule has 1 aliphatic heterocycles. The van der Waals surface area contributed by atoms with E-state index in [1.54, 1.807) is 6.07 Å². The topological polar surface area (TPSA) is 34.2 Å². The van der Waals surface area contributed by atoms with Crippen LogP contribution in [0.4, 0.5) is 0 Å². The van der Waals surface area contributed by atoms with Gasteiger partial charge in [-0.3, -0.25) is 4.98 Å². The van der Waals surface area contributed by atoms with Gasteiger partial charge < -0.3 is 10.1 Å². The first kappa shape index (κ1) is 14.6. The minimum Gasteiger partial charge on any atom is -0.492 e. The minimum absolute atomic E-state index is 0.173. The molecule has 1 aliphatic rings. The first-order chi connectivity index (χ1) is 10.1. The third-order valence-corrected chi connectivity index (χ3v) is 4.20. The van der Waals surface area contributed by atoms with E-state index in [9.17, 15) is 0 Å². The summed E-state index contributed by atoms with van der Waals surface area (Å²) in [6.07, 6.45) is 2.70. The molecule has 2 heterocycles. The van der Waals surface area contributed by atoms with E-state index in [0.717, 1.165) is 23.4 Å². The van der Waals surface area contributed by atoms with Crippen LogP contribution in [0.2, 0.25) is 10.0 Å². The van der Waals surface area contributed by atoms with Gasteiger partial charge in [-0.05, 0) is 30.7 Å². The van der Waals surface area contributed by atoms with E-state index in [0.29, 0.717) is 23.2 Å². The lowest BCUT2D eigenvalue weighted by atomic mass is 10.00. The van der Waals surface area contributed by atoms with Gasteiger partial charge >= 0.3 is 0 Å². The number of halogens is 2. The van der Waals surface area contributed by atoms with E-state index in [-0.39, 0.29) is 6.04 Å². The Morgan fingerprint density at radius 2 is 2.24 bits per heavy atom. The standard InChI is InChI=1S/C16H16Cl2N2O/c1-10-3-2-5-19-15(10)9-20-14-4-6-21-16-12(14)7-11(17)8-13(16)18/h2-3,5,7-8,14,20H,4,6,9H2,1H3. The predicted molar refractivity (Wildman–Crippen MR) is 85.1 cm³/mol. The summed E-state index contributed by atoms with van der Waals surface area (Å²) in [7, 11) is 0. The number of nitrogens with zero attached hydrogens (tertiary/aromatic N) is 1. The van der Waals surface area contributed by atoms with E-state index in [1.165, 1.54) is 5.56 Å². The summed E-state index contributed by atoms with van der Waals surface area (Å²) in [5.41, 5.74) is 3.26. The number of pyridine rings is 1. The summed E-state index contributed by atoms with van der Waals surface area (Å²) < 4.78 is 5.67. The number of benzene rings is 1. The molecule has 1 unspecified atom stereocenters. The van der Waals surface area contributed by atoms with Gasteiger partial charge in [0.2, 0.25) is 0 Å². The number of aromatic nitrogens is 1. The second-order valence-electron chi connectivity index (χ2n) is 5.14. The number of fused-ring (bicyclic) bond motifs is 1. The van der Waals surface area contributed by atoms with Gasteiger partial charge in [-0.25, -0.2) is 0 Å². The maximum atomic E-state index is 6.21. The molecular weight excluding hydrogens is 307 g/mol. The number of ether oxygens (including phenoxy) is 1. The van der Waals surface area contributed by atoms with Crippen molar-refractivity contribution in [1.82, 2.24) is 10.3 Å². The quantitative estimate of drug-likeness (QED) is 0.914. The van der Waals surface area contributed by atoms with E-state index in [2.05, 4.69) is 23.3 Å².